The Bertz CT molecular complexity index is 259. The number of nitrogens with zero attached hydrogens (tertiary/aromatic N) is 1. The molecular formula is C7H17N3O2S. The molecule has 0 spiro atoms. The first-order valence-corrected chi connectivity index (χ1v) is 6.06. The first-order chi connectivity index (χ1) is 5.99. The van der Waals surface area contributed by atoms with Gasteiger partial charge in [-0.1, -0.05) is 13.3 Å². The van der Waals surface area contributed by atoms with Crippen molar-refractivity contribution in [3.63, 3.8) is 0 Å². The van der Waals surface area contributed by atoms with Gasteiger partial charge < -0.3 is 10.6 Å². The predicted molar refractivity (Wildman–Crippen MR) is 54.2 cm³/mol. The molecule has 0 unspecified atom stereocenters. The van der Waals surface area contributed by atoms with Crippen LogP contribution in [0.5, 0.6) is 0 Å². The van der Waals surface area contributed by atoms with Crippen molar-refractivity contribution in [2.24, 2.45) is 4.40 Å². The van der Waals surface area contributed by atoms with Crippen LogP contribution < -0.4 is 10.6 Å². The van der Waals surface area contributed by atoms with Crippen LogP contribution in [0.2, 0.25) is 0 Å². The summed E-state index contributed by atoms with van der Waals surface area (Å²) in [4.78, 5) is 0. The van der Waals surface area contributed by atoms with Crippen LogP contribution in [0.25, 0.3) is 0 Å². The van der Waals surface area contributed by atoms with Gasteiger partial charge in [-0.25, -0.2) is 8.42 Å². The minimum atomic E-state index is -3.31. The lowest BCUT2D eigenvalue weighted by atomic mass is 10.3. The lowest BCUT2D eigenvalue weighted by Gasteiger charge is -2.06. The maximum atomic E-state index is 10.8. The molecule has 13 heavy (non-hydrogen) atoms. The second-order valence-corrected chi connectivity index (χ2v) is 4.35. The summed E-state index contributed by atoms with van der Waals surface area (Å²) in [6.07, 6.45) is 3.11. The molecule has 0 aromatic rings. The van der Waals surface area contributed by atoms with E-state index in [-0.39, 0.29) is 0 Å². The molecule has 0 radical (unpaired) electrons. The van der Waals surface area contributed by atoms with Crippen LogP contribution in [0.4, 0.5) is 0 Å². The highest BCUT2D eigenvalue weighted by molar-refractivity contribution is 7.89. The third-order valence-corrected chi connectivity index (χ3v) is 1.83. The molecule has 0 amide bonds. The van der Waals surface area contributed by atoms with E-state index in [4.69, 9.17) is 0 Å². The van der Waals surface area contributed by atoms with Crippen LogP contribution >= 0.6 is 0 Å². The summed E-state index contributed by atoms with van der Waals surface area (Å²) in [6.45, 7) is 2.79. The number of unbranched alkanes of at least 4 members (excludes halogenated alkanes) is 1. The Morgan fingerprint density at radius 1 is 1.46 bits per heavy atom. The monoisotopic (exact) mass is 207 g/mol. The third-order valence-electron chi connectivity index (χ3n) is 1.32. The summed E-state index contributed by atoms with van der Waals surface area (Å²) in [6, 6.07) is 0. The molecule has 0 heterocycles. The van der Waals surface area contributed by atoms with Crippen molar-refractivity contribution in [3.8, 4) is 0 Å². The van der Waals surface area contributed by atoms with Crippen LogP contribution in [0.1, 0.15) is 19.8 Å². The van der Waals surface area contributed by atoms with Crippen molar-refractivity contribution in [2.45, 2.75) is 19.8 Å². The largest absolute Gasteiger partial charge is 0.359 e. The van der Waals surface area contributed by atoms with Crippen LogP contribution in [0.15, 0.2) is 4.40 Å². The SMILES string of the molecule is CCCCN/C(=N/S(C)(=O)=O)NC. The van der Waals surface area contributed by atoms with E-state index in [1.165, 1.54) is 0 Å². The number of rotatable bonds is 4. The van der Waals surface area contributed by atoms with Gasteiger partial charge in [0.05, 0.1) is 6.26 Å². The van der Waals surface area contributed by atoms with E-state index in [0.29, 0.717) is 5.96 Å². The molecule has 0 aliphatic heterocycles. The van der Waals surface area contributed by atoms with Gasteiger partial charge in [0, 0.05) is 13.6 Å². The van der Waals surface area contributed by atoms with Crippen LogP contribution in [0, 0.1) is 0 Å². The first kappa shape index (κ1) is 12.2. The Kier molecular flexibility index (Phi) is 5.45. The molecule has 0 saturated heterocycles. The molecular weight excluding hydrogens is 190 g/mol. The lowest BCUT2D eigenvalue weighted by Crippen LogP contribution is -2.36. The summed E-state index contributed by atoms with van der Waals surface area (Å²) in [5.41, 5.74) is 0. The molecule has 0 atom stereocenters. The summed E-state index contributed by atoms with van der Waals surface area (Å²) in [5.74, 6) is 0.302. The number of sulfonamides is 1. The van der Waals surface area contributed by atoms with Crippen molar-refractivity contribution in [2.75, 3.05) is 19.8 Å². The molecule has 0 aromatic heterocycles. The molecule has 6 heteroatoms. The number of hydrogen-bond acceptors (Lipinski definition) is 2. The summed E-state index contributed by atoms with van der Waals surface area (Å²) in [7, 11) is -1.68. The number of guanidine groups is 1. The Morgan fingerprint density at radius 2 is 2.08 bits per heavy atom. The Labute approximate surface area is 79.7 Å². The zero-order valence-corrected chi connectivity index (χ0v) is 9.11. The van der Waals surface area contributed by atoms with E-state index < -0.39 is 10.0 Å². The first-order valence-electron chi connectivity index (χ1n) is 4.21. The Balaban J connectivity index is 4.11. The van der Waals surface area contributed by atoms with Crippen LogP contribution in [-0.2, 0) is 10.0 Å². The Morgan fingerprint density at radius 3 is 2.46 bits per heavy atom. The normalized spacial score (nSPS) is 12.7. The minimum Gasteiger partial charge on any atom is -0.359 e. The van der Waals surface area contributed by atoms with Crippen molar-refractivity contribution >= 4 is 16.0 Å². The van der Waals surface area contributed by atoms with Gasteiger partial charge in [0.1, 0.15) is 0 Å². The van der Waals surface area contributed by atoms with Gasteiger partial charge in [0.25, 0.3) is 10.0 Å². The molecule has 2 N–H and O–H groups in total. The molecule has 0 aliphatic rings. The van der Waals surface area contributed by atoms with Crippen LogP contribution in [0.3, 0.4) is 0 Å². The third kappa shape index (κ3) is 7.58. The van der Waals surface area contributed by atoms with Crippen molar-refractivity contribution in [3.05, 3.63) is 0 Å². The highest BCUT2D eigenvalue weighted by Gasteiger charge is 2.00. The lowest BCUT2D eigenvalue weighted by molar-refractivity contribution is 0.603. The van der Waals surface area contributed by atoms with Crippen molar-refractivity contribution in [1.29, 1.82) is 0 Å². The van der Waals surface area contributed by atoms with Gasteiger partial charge in [0.15, 0.2) is 0 Å². The predicted octanol–water partition coefficient (Wildman–Crippen LogP) is -0.0889. The molecule has 78 valence electrons. The van der Waals surface area contributed by atoms with Gasteiger partial charge in [0.2, 0.25) is 5.96 Å². The summed E-state index contributed by atoms with van der Waals surface area (Å²) in [5, 5.41) is 5.56. The maximum absolute atomic E-state index is 10.8. The molecule has 0 bridgehead atoms. The molecule has 0 rings (SSSR count). The van der Waals surface area contributed by atoms with Gasteiger partial charge in [-0.3, -0.25) is 0 Å². The van der Waals surface area contributed by atoms with Crippen LogP contribution in [-0.4, -0.2) is 34.2 Å². The van der Waals surface area contributed by atoms with Gasteiger partial charge >= 0.3 is 0 Å². The highest BCUT2D eigenvalue weighted by atomic mass is 32.2. The smallest absolute Gasteiger partial charge is 0.253 e. The molecule has 0 fully saturated rings. The Hall–Kier alpha value is -0.780. The van der Waals surface area contributed by atoms with Gasteiger partial charge in [-0.15, -0.1) is 4.40 Å². The van der Waals surface area contributed by atoms with E-state index in [2.05, 4.69) is 22.0 Å². The molecule has 5 nitrogen and oxygen atoms in total. The summed E-state index contributed by atoms with van der Waals surface area (Å²) >= 11 is 0. The average Bonchev–Trinajstić information content (AvgIpc) is 2.01. The average molecular weight is 207 g/mol. The van der Waals surface area contributed by atoms with E-state index >= 15 is 0 Å². The van der Waals surface area contributed by atoms with Crippen molar-refractivity contribution < 1.29 is 8.42 Å². The summed E-state index contributed by atoms with van der Waals surface area (Å²) < 4.78 is 25.0. The fourth-order valence-electron chi connectivity index (χ4n) is 0.716. The fraction of sp³-hybridized carbons (Fsp3) is 0.857. The quantitative estimate of drug-likeness (QED) is 0.384. The maximum Gasteiger partial charge on any atom is 0.253 e. The number of hydrogen-bond donors (Lipinski definition) is 2. The highest BCUT2D eigenvalue weighted by Crippen LogP contribution is 1.86. The van der Waals surface area contributed by atoms with Gasteiger partial charge in [-0.2, -0.15) is 0 Å². The minimum absolute atomic E-state index is 0.302. The zero-order chi connectivity index (χ0) is 10.3. The van der Waals surface area contributed by atoms with Crippen molar-refractivity contribution in [1.82, 2.24) is 10.6 Å². The topological polar surface area (TPSA) is 70.6 Å². The number of nitrogens with one attached hydrogen (secondary N) is 2. The van der Waals surface area contributed by atoms with E-state index in [0.717, 1.165) is 25.6 Å². The standard InChI is InChI=1S/C7H17N3O2S/c1-4-5-6-9-7(8-2)10-13(3,11)12/h4-6H2,1-3H3,(H2,8,9,10). The van der Waals surface area contributed by atoms with E-state index in [9.17, 15) is 8.42 Å². The van der Waals surface area contributed by atoms with Gasteiger partial charge in [-0.05, 0) is 6.42 Å². The second-order valence-electron chi connectivity index (χ2n) is 2.70. The fourth-order valence-corrected chi connectivity index (χ4v) is 1.20. The van der Waals surface area contributed by atoms with E-state index in [1.807, 2.05) is 0 Å². The molecule has 0 aromatic carbocycles. The second kappa shape index (κ2) is 5.80. The van der Waals surface area contributed by atoms with E-state index in [1.54, 1.807) is 7.05 Å². The molecule has 0 aliphatic carbocycles. The zero-order valence-electron chi connectivity index (χ0n) is 8.29. The molecule has 0 saturated carbocycles.